The Morgan fingerprint density at radius 2 is 1.76 bits per heavy atom. The van der Waals surface area contributed by atoms with Crippen molar-refractivity contribution in [1.82, 2.24) is 9.91 Å². The molecule has 132 valence electrons. The summed E-state index contributed by atoms with van der Waals surface area (Å²) in [6.07, 6.45) is 1.71. The molecule has 25 heavy (non-hydrogen) atoms. The quantitative estimate of drug-likeness (QED) is 0.635. The van der Waals surface area contributed by atoms with Gasteiger partial charge in [-0.05, 0) is 45.8 Å². The zero-order valence-electron chi connectivity index (χ0n) is 13.5. The van der Waals surface area contributed by atoms with Crippen molar-refractivity contribution in [2.75, 3.05) is 26.2 Å². The predicted molar refractivity (Wildman–Crippen MR) is 109 cm³/mol. The first kappa shape index (κ1) is 18.7. The number of phenols is 1. The van der Waals surface area contributed by atoms with Crippen molar-refractivity contribution in [3.63, 3.8) is 0 Å². The van der Waals surface area contributed by atoms with Gasteiger partial charge in [-0.15, -0.1) is 0 Å². The van der Waals surface area contributed by atoms with Crippen molar-refractivity contribution in [2.45, 2.75) is 6.54 Å². The summed E-state index contributed by atoms with van der Waals surface area (Å²) in [6.45, 7) is 4.55. The molecular formula is C18H18Br2ClN3O. The Bertz CT molecular complexity index is 760. The number of piperazine rings is 1. The predicted octanol–water partition coefficient (Wildman–Crippen LogP) is 4.72. The summed E-state index contributed by atoms with van der Waals surface area (Å²) in [5.41, 5.74) is 1.95. The van der Waals surface area contributed by atoms with Crippen molar-refractivity contribution in [2.24, 2.45) is 5.10 Å². The number of nitrogens with zero attached hydrogens (tertiary/aromatic N) is 3. The summed E-state index contributed by atoms with van der Waals surface area (Å²) in [7, 11) is 0. The van der Waals surface area contributed by atoms with E-state index < -0.39 is 0 Å². The van der Waals surface area contributed by atoms with E-state index in [9.17, 15) is 5.11 Å². The summed E-state index contributed by atoms with van der Waals surface area (Å²) in [5, 5.41) is 17.4. The summed E-state index contributed by atoms with van der Waals surface area (Å²) in [5.74, 6) is 0.202. The second kappa shape index (κ2) is 8.54. The Morgan fingerprint density at radius 3 is 2.44 bits per heavy atom. The molecule has 1 heterocycles. The molecule has 0 aliphatic carbocycles. The highest BCUT2D eigenvalue weighted by atomic mass is 79.9. The molecule has 7 heteroatoms. The standard InChI is InChI=1S/C18H18Br2ClN3O/c19-15-9-14(18(25)17(20)10-15)11-22-24-7-5-23(6-8-24)12-13-1-3-16(21)4-2-13/h1-4,9-11,25H,5-8,12H2. The lowest BCUT2D eigenvalue weighted by molar-refractivity contribution is 0.131. The van der Waals surface area contributed by atoms with Gasteiger partial charge in [0.2, 0.25) is 0 Å². The highest BCUT2D eigenvalue weighted by Gasteiger charge is 2.15. The smallest absolute Gasteiger partial charge is 0.138 e. The average molecular weight is 488 g/mol. The number of rotatable bonds is 4. The van der Waals surface area contributed by atoms with Gasteiger partial charge in [-0.1, -0.05) is 39.7 Å². The Hall–Kier alpha value is -1.08. The van der Waals surface area contributed by atoms with Gasteiger partial charge >= 0.3 is 0 Å². The third-order valence-corrected chi connectivity index (χ3v) is 5.40. The minimum absolute atomic E-state index is 0.202. The average Bonchev–Trinajstić information content (AvgIpc) is 2.60. The third-order valence-electron chi connectivity index (χ3n) is 4.09. The van der Waals surface area contributed by atoms with E-state index in [2.05, 4.69) is 54.0 Å². The van der Waals surface area contributed by atoms with E-state index in [1.54, 1.807) is 6.21 Å². The molecule has 2 aromatic rings. The maximum atomic E-state index is 10.1. The molecule has 0 atom stereocenters. The fourth-order valence-corrected chi connectivity index (χ4v) is 4.07. The second-order valence-corrected chi connectivity index (χ2v) is 8.13. The van der Waals surface area contributed by atoms with E-state index in [1.165, 1.54) is 5.56 Å². The first-order valence-corrected chi connectivity index (χ1v) is 9.91. The van der Waals surface area contributed by atoms with Crippen LogP contribution in [0.2, 0.25) is 5.02 Å². The highest BCUT2D eigenvalue weighted by molar-refractivity contribution is 9.11. The summed E-state index contributed by atoms with van der Waals surface area (Å²) < 4.78 is 1.54. The molecule has 0 aromatic heterocycles. The van der Waals surface area contributed by atoms with Crippen LogP contribution in [-0.2, 0) is 6.54 Å². The Labute approximate surface area is 169 Å². The number of aromatic hydroxyl groups is 1. The molecule has 1 aliphatic rings. The molecule has 2 aromatic carbocycles. The van der Waals surface area contributed by atoms with Crippen molar-refractivity contribution >= 4 is 49.7 Å². The van der Waals surface area contributed by atoms with Crippen molar-refractivity contribution < 1.29 is 5.11 Å². The van der Waals surface area contributed by atoms with Crippen molar-refractivity contribution in [3.8, 4) is 5.75 Å². The van der Waals surface area contributed by atoms with Crippen molar-refractivity contribution in [1.29, 1.82) is 0 Å². The van der Waals surface area contributed by atoms with Crippen LogP contribution in [-0.4, -0.2) is 47.4 Å². The Kier molecular flexibility index (Phi) is 6.39. The first-order chi connectivity index (χ1) is 12.0. The molecule has 1 fully saturated rings. The van der Waals surface area contributed by atoms with Crippen LogP contribution in [0, 0.1) is 0 Å². The first-order valence-electron chi connectivity index (χ1n) is 7.95. The van der Waals surface area contributed by atoms with Crippen LogP contribution in [0.15, 0.2) is 50.4 Å². The van der Waals surface area contributed by atoms with E-state index in [1.807, 2.05) is 29.3 Å². The molecule has 1 aliphatic heterocycles. The van der Waals surface area contributed by atoms with Gasteiger partial charge in [0.1, 0.15) is 5.75 Å². The molecule has 1 saturated heterocycles. The maximum Gasteiger partial charge on any atom is 0.138 e. The van der Waals surface area contributed by atoms with E-state index in [-0.39, 0.29) is 5.75 Å². The lowest BCUT2D eigenvalue weighted by atomic mass is 10.2. The molecule has 0 bridgehead atoms. The highest BCUT2D eigenvalue weighted by Crippen LogP contribution is 2.30. The molecule has 1 N–H and O–H groups in total. The van der Waals surface area contributed by atoms with Gasteiger partial charge in [0.05, 0.1) is 10.7 Å². The topological polar surface area (TPSA) is 39.1 Å². The van der Waals surface area contributed by atoms with Crippen LogP contribution in [0.1, 0.15) is 11.1 Å². The van der Waals surface area contributed by atoms with Crippen LogP contribution in [0.4, 0.5) is 0 Å². The van der Waals surface area contributed by atoms with Crippen LogP contribution >= 0.6 is 43.5 Å². The number of hydrogen-bond donors (Lipinski definition) is 1. The molecule has 0 saturated carbocycles. The molecule has 0 amide bonds. The number of benzene rings is 2. The fraction of sp³-hybridized carbons (Fsp3) is 0.278. The van der Waals surface area contributed by atoms with E-state index in [0.717, 1.165) is 42.2 Å². The van der Waals surface area contributed by atoms with Crippen LogP contribution in [0.3, 0.4) is 0 Å². The number of halogens is 3. The lowest BCUT2D eigenvalue weighted by Crippen LogP contribution is -2.43. The minimum atomic E-state index is 0.202. The maximum absolute atomic E-state index is 10.1. The van der Waals surface area contributed by atoms with Gasteiger partial charge in [-0.3, -0.25) is 9.91 Å². The van der Waals surface area contributed by atoms with E-state index in [0.29, 0.717) is 10.0 Å². The SMILES string of the molecule is Oc1c(Br)cc(Br)cc1C=NN1CCN(Cc2ccc(Cl)cc2)CC1. The molecule has 4 nitrogen and oxygen atoms in total. The number of phenolic OH excluding ortho intramolecular Hbond substituents is 1. The van der Waals surface area contributed by atoms with Crippen LogP contribution < -0.4 is 0 Å². The Balaban J connectivity index is 1.55. The monoisotopic (exact) mass is 485 g/mol. The van der Waals surface area contributed by atoms with E-state index >= 15 is 0 Å². The van der Waals surface area contributed by atoms with Crippen molar-refractivity contribution in [3.05, 3.63) is 61.5 Å². The van der Waals surface area contributed by atoms with Gasteiger partial charge in [0.15, 0.2) is 0 Å². The molecule has 0 radical (unpaired) electrons. The molecule has 0 unspecified atom stereocenters. The lowest BCUT2D eigenvalue weighted by Gasteiger charge is -2.33. The van der Waals surface area contributed by atoms with Gasteiger partial charge < -0.3 is 5.11 Å². The molecular weight excluding hydrogens is 469 g/mol. The normalized spacial score (nSPS) is 15.9. The largest absolute Gasteiger partial charge is 0.506 e. The second-order valence-electron chi connectivity index (χ2n) is 5.93. The third kappa shape index (κ3) is 5.20. The molecule has 0 spiro atoms. The summed E-state index contributed by atoms with van der Waals surface area (Å²) >= 11 is 12.7. The summed E-state index contributed by atoms with van der Waals surface area (Å²) in [4.78, 5) is 2.41. The van der Waals surface area contributed by atoms with Gasteiger partial charge in [0, 0.05) is 47.8 Å². The van der Waals surface area contributed by atoms with E-state index in [4.69, 9.17) is 11.6 Å². The Morgan fingerprint density at radius 1 is 1.08 bits per heavy atom. The molecule has 3 rings (SSSR count). The number of hydrogen-bond acceptors (Lipinski definition) is 4. The van der Waals surface area contributed by atoms with Crippen LogP contribution in [0.25, 0.3) is 0 Å². The zero-order valence-corrected chi connectivity index (χ0v) is 17.4. The zero-order chi connectivity index (χ0) is 17.8. The number of hydrazone groups is 1. The fourth-order valence-electron chi connectivity index (χ4n) is 2.69. The van der Waals surface area contributed by atoms with Gasteiger partial charge in [0.25, 0.3) is 0 Å². The van der Waals surface area contributed by atoms with Gasteiger partial charge in [-0.25, -0.2) is 0 Å². The summed E-state index contributed by atoms with van der Waals surface area (Å²) in [6, 6.07) is 11.7. The van der Waals surface area contributed by atoms with Gasteiger partial charge in [-0.2, -0.15) is 5.10 Å². The van der Waals surface area contributed by atoms with Crippen LogP contribution in [0.5, 0.6) is 5.75 Å². The minimum Gasteiger partial charge on any atom is -0.506 e.